The van der Waals surface area contributed by atoms with Crippen molar-refractivity contribution in [1.82, 2.24) is 10.2 Å². The first-order valence-electron chi connectivity index (χ1n) is 6.89. The number of nitrogens with zero attached hydrogens (tertiary/aromatic N) is 2. The summed E-state index contributed by atoms with van der Waals surface area (Å²) in [5.41, 5.74) is 1.08. The molecule has 1 atom stereocenters. The maximum absolute atomic E-state index is 12.0. The Bertz CT molecular complexity index is 509. The van der Waals surface area contributed by atoms with Crippen LogP contribution in [0.1, 0.15) is 12.0 Å². The number of anilines is 1. The standard InChI is InChI=1S/C15H20N4O/c1-17-9-12-6-7-19(10-12)11-15(20)18-14-5-3-2-4-13(14)8-16/h2-5,12,17H,6-7,9-11H2,1H3,(H,18,20). The second-order valence-electron chi connectivity index (χ2n) is 5.15. The lowest BCUT2D eigenvalue weighted by Crippen LogP contribution is -2.32. The van der Waals surface area contributed by atoms with Crippen LogP contribution in [0.2, 0.25) is 0 Å². The Morgan fingerprint density at radius 1 is 1.50 bits per heavy atom. The molecule has 0 aliphatic carbocycles. The zero-order valence-corrected chi connectivity index (χ0v) is 11.7. The largest absolute Gasteiger partial charge is 0.324 e. The fraction of sp³-hybridized carbons (Fsp3) is 0.467. The van der Waals surface area contributed by atoms with E-state index in [-0.39, 0.29) is 5.91 Å². The topological polar surface area (TPSA) is 68.2 Å². The first-order valence-corrected chi connectivity index (χ1v) is 6.89. The highest BCUT2D eigenvalue weighted by atomic mass is 16.2. The molecule has 5 nitrogen and oxygen atoms in total. The van der Waals surface area contributed by atoms with Gasteiger partial charge in [0.1, 0.15) is 6.07 Å². The monoisotopic (exact) mass is 272 g/mol. The van der Waals surface area contributed by atoms with Crippen molar-refractivity contribution in [2.24, 2.45) is 5.92 Å². The van der Waals surface area contributed by atoms with Crippen LogP contribution in [0.5, 0.6) is 0 Å². The van der Waals surface area contributed by atoms with Gasteiger partial charge < -0.3 is 10.6 Å². The van der Waals surface area contributed by atoms with Crippen molar-refractivity contribution in [1.29, 1.82) is 5.26 Å². The van der Waals surface area contributed by atoms with E-state index >= 15 is 0 Å². The maximum atomic E-state index is 12.0. The van der Waals surface area contributed by atoms with Crippen LogP contribution < -0.4 is 10.6 Å². The molecule has 1 aliphatic heterocycles. The summed E-state index contributed by atoms with van der Waals surface area (Å²) < 4.78 is 0. The fourth-order valence-corrected chi connectivity index (χ4v) is 2.59. The van der Waals surface area contributed by atoms with E-state index in [2.05, 4.69) is 21.6 Å². The van der Waals surface area contributed by atoms with Gasteiger partial charge in [0.05, 0.1) is 17.8 Å². The predicted molar refractivity (Wildman–Crippen MR) is 78.3 cm³/mol. The summed E-state index contributed by atoms with van der Waals surface area (Å²) in [7, 11) is 1.95. The number of carbonyl (C=O) groups is 1. The number of benzene rings is 1. The van der Waals surface area contributed by atoms with Gasteiger partial charge in [0.25, 0.3) is 0 Å². The average molecular weight is 272 g/mol. The van der Waals surface area contributed by atoms with E-state index < -0.39 is 0 Å². The second-order valence-corrected chi connectivity index (χ2v) is 5.15. The number of nitriles is 1. The van der Waals surface area contributed by atoms with Crippen LogP contribution in [0.15, 0.2) is 24.3 Å². The predicted octanol–water partition coefficient (Wildman–Crippen LogP) is 1.04. The summed E-state index contributed by atoms with van der Waals surface area (Å²) in [5.74, 6) is 0.567. The van der Waals surface area contributed by atoms with E-state index in [0.717, 1.165) is 26.1 Å². The molecule has 0 bridgehead atoms. The fourth-order valence-electron chi connectivity index (χ4n) is 2.59. The molecule has 20 heavy (non-hydrogen) atoms. The molecule has 1 saturated heterocycles. The van der Waals surface area contributed by atoms with E-state index in [4.69, 9.17) is 5.26 Å². The summed E-state index contributed by atoms with van der Waals surface area (Å²) >= 11 is 0. The second kappa shape index (κ2) is 7.04. The summed E-state index contributed by atoms with van der Waals surface area (Å²) in [6.07, 6.45) is 1.13. The lowest BCUT2D eigenvalue weighted by molar-refractivity contribution is -0.117. The number of hydrogen-bond acceptors (Lipinski definition) is 4. The van der Waals surface area contributed by atoms with E-state index in [1.807, 2.05) is 13.1 Å². The summed E-state index contributed by atoms with van der Waals surface area (Å²) in [6.45, 7) is 3.29. The quantitative estimate of drug-likeness (QED) is 0.840. The summed E-state index contributed by atoms with van der Waals surface area (Å²) in [5, 5.41) is 15.0. The van der Waals surface area contributed by atoms with Crippen molar-refractivity contribution in [3.63, 3.8) is 0 Å². The van der Waals surface area contributed by atoms with Gasteiger partial charge >= 0.3 is 0 Å². The van der Waals surface area contributed by atoms with Gasteiger partial charge in [0.2, 0.25) is 5.91 Å². The highest BCUT2D eigenvalue weighted by Gasteiger charge is 2.23. The molecule has 1 aliphatic rings. The summed E-state index contributed by atoms with van der Waals surface area (Å²) in [6, 6.07) is 9.14. The molecule has 2 rings (SSSR count). The Hall–Kier alpha value is -1.90. The third kappa shape index (κ3) is 3.80. The Morgan fingerprint density at radius 2 is 2.30 bits per heavy atom. The molecule has 2 N–H and O–H groups in total. The molecule has 1 fully saturated rings. The molecule has 0 spiro atoms. The molecule has 1 amide bonds. The van der Waals surface area contributed by atoms with E-state index in [0.29, 0.717) is 23.7 Å². The molecular weight excluding hydrogens is 252 g/mol. The van der Waals surface area contributed by atoms with Crippen molar-refractivity contribution in [3.05, 3.63) is 29.8 Å². The lowest BCUT2D eigenvalue weighted by atomic mass is 10.1. The van der Waals surface area contributed by atoms with Crippen LogP contribution >= 0.6 is 0 Å². The molecule has 1 aromatic carbocycles. The van der Waals surface area contributed by atoms with Gasteiger partial charge in [-0.05, 0) is 44.6 Å². The van der Waals surface area contributed by atoms with Gasteiger partial charge in [-0.3, -0.25) is 9.69 Å². The first kappa shape index (κ1) is 14.5. The van der Waals surface area contributed by atoms with Crippen molar-refractivity contribution >= 4 is 11.6 Å². The van der Waals surface area contributed by atoms with Crippen molar-refractivity contribution in [2.75, 3.05) is 38.5 Å². The van der Waals surface area contributed by atoms with Crippen molar-refractivity contribution < 1.29 is 4.79 Å². The van der Waals surface area contributed by atoms with E-state index in [9.17, 15) is 4.79 Å². The minimum atomic E-state index is -0.0576. The Labute approximate surface area is 119 Å². The SMILES string of the molecule is CNCC1CCN(CC(=O)Nc2ccccc2C#N)C1. The number of likely N-dealkylation sites (tertiary alicyclic amines) is 1. The van der Waals surface area contributed by atoms with Gasteiger partial charge in [-0.15, -0.1) is 0 Å². The molecule has 1 heterocycles. The third-order valence-corrected chi connectivity index (χ3v) is 3.55. The van der Waals surface area contributed by atoms with Crippen LogP contribution in [-0.2, 0) is 4.79 Å². The molecule has 5 heteroatoms. The lowest BCUT2D eigenvalue weighted by Gasteiger charge is -2.16. The Morgan fingerprint density at radius 3 is 3.05 bits per heavy atom. The van der Waals surface area contributed by atoms with Crippen LogP contribution in [0, 0.1) is 17.2 Å². The minimum Gasteiger partial charge on any atom is -0.324 e. The van der Waals surface area contributed by atoms with E-state index in [1.54, 1.807) is 18.2 Å². The Kier molecular flexibility index (Phi) is 5.10. The number of carbonyl (C=O) groups excluding carboxylic acids is 1. The summed E-state index contributed by atoms with van der Waals surface area (Å²) in [4.78, 5) is 14.2. The zero-order chi connectivity index (χ0) is 14.4. The maximum Gasteiger partial charge on any atom is 0.238 e. The molecule has 1 unspecified atom stereocenters. The number of para-hydroxylation sites is 1. The molecule has 1 aromatic rings. The molecule has 0 radical (unpaired) electrons. The first-order chi connectivity index (χ1) is 9.72. The van der Waals surface area contributed by atoms with Crippen molar-refractivity contribution in [2.45, 2.75) is 6.42 Å². The number of rotatable bonds is 5. The number of amides is 1. The van der Waals surface area contributed by atoms with Gasteiger partial charge in [-0.1, -0.05) is 12.1 Å². The van der Waals surface area contributed by atoms with Crippen molar-refractivity contribution in [3.8, 4) is 6.07 Å². The minimum absolute atomic E-state index is 0.0576. The zero-order valence-electron chi connectivity index (χ0n) is 11.7. The molecule has 0 aromatic heterocycles. The molecule has 106 valence electrons. The third-order valence-electron chi connectivity index (χ3n) is 3.55. The van der Waals surface area contributed by atoms with Gasteiger partial charge in [0, 0.05) is 6.54 Å². The number of hydrogen-bond donors (Lipinski definition) is 2. The van der Waals surface area contributed by atoms with Crippen LogP contribution in [0.25, 0.3) is 0 Å². The average Bonchev–Trinajstić information content (AvgIpc) is 2.87. The molecule has 0 saturated carbocycles. The molecular formula is C15H20N4O. The highest BCUT2D eigenvalue weighted by Crippen LogP contribution is 2.16. The normalized spacial score (nSPS) is 18.7. The van der Waals surface area contributed by atoms with Crippen LogP contribution in [-0.4, -0.2) is 44.0 Å². The number of nitrogens with one attached hydrogen (secondary N) is 2. The van der Waals surface area contributed by atoms with Gasteiger partial charge in [0.15, 0.2) is 0 Å². The highest BCUT2D eigenvalue weighted by molar-refractivity contribution is 5.93. The van der Waals surface area contributed by atoms with Gasteiger partial charge in [-0.25, -0.2) is 0 Å². The van der Waals surface area contributed by atoms with Crippen LogP contribution in [0.3, 0.4) is 0 Å². The van der Waals surface area contributed by atoms with Gasteiger partial charge in [-0.2, -0.15) is 5.26 Å². The smallest absolute Gasteiger partial charge is 0.238 e. The Balaban J connectivity index is 1.86. The van der Waals surface area contributed by atoms with E-state index in [1.165, 1.54) is 0 Å². The van der Waals surface area contributed by atoms with Crippen LogP contribution in [0.4, 0.5) is 5.69 Å².